The Morgan fingerprint density at radius 2 is 2.00 bits per heavy atom. The van der Waals surface area contributed by atoms with Gasteiger partial charge in [-0.05, 0) is 50.8 Å². The second kappa shape index (κ2) is 8.69. The van der Waals surface area contributed by atoms with Gasteiger partial charge in [0.2, 0.25) is 5.91 Å². The van der Waals surface area contributed by atoms with E-state index in [1.54, 1.807) is 18.3 Å². The lowest BCUT2D eigenvalue weighted by atomic mass is 9.92. The Morgan fingerprint density at radius 3 is 2.66 bits per heavy atom. The second-order valence-electron chi connectivity index (χ2n) is 7.14. The Balaban J connectivity index is 1.47. The standard InChI is InChI=1S/C20H23FN4O3S/c1-13-12-29-17(23-13)5-3-4-10-22-16(26)11-25-18(27)20(2,24-19(25)28)14-6-8-15(21)9-7-14/h6-9,12H,3-5,10-11H2,1-2H3,(H,22,26)(H,24,28). The van der Waals surface area contributed by atoms with Crippen LogP contribution in [-0.4, -0.2) is 40.8 Å². The van der Waals surface area contributed by atoms with Crippen LogP contribution in [0.4, 0.5) is 9.18 Å². The van der Waals surface area contributed by atoms with Gasteiger partial charge in [0.05, 0.1) is 5.01 Å². The molecule has 4 amide bonds. The van der Waals surface area contributed by atoms with Crippen LogP contribution in [0.25, 0.3) is 0 Å². The first-order chi connectivity index (χ1) is 13.8. The van der Waals surface area contributed by atoms with Gasteiger partial charge in [-0.15, -0.1) is 11.3 Å². The van der Waals surface area contributed by atoms with Crippen LogP contribution in [0.2, 0.25) is 0 Å². The van der Waals surface area contributed by atoms with Crippen LogP contribution in [0.15, 0.2) is 29.6 Å². The Hall–Kier alpha value is -2.81. The van der Waals surface area contributed by atoms with E-state index in [9.17, 15) is 18.8 Å². The van der Waals surface area contributed by atoms with Crippen molar-refractivity contribution in [3.63, 3.8) is 0 Å². The fourth-order valence-corrected chi connectivity index (χ4v) is 3.98. The number of rotatable bonds is 8. The average Bonchev–Trinajstić information content (AvgIpc) is 3.18. The van der Waals surface area contributed by atoms with Crippen molar-refractivity contribution in [1.82, 2.24) is 20.5 Å². The number of halogens is 1. The molecule has 1 saturated heterocycles. The number of unbranched alkanes of at least 4 members (excludes halogenated alkanes) is 1. The van der Waals surface area contributed by atoms with E-state index >= 15 is 0 Å². The first-order valence-corrected chi connectivity index (χ1v) is 10.3. The van der Waals surface area contributed by atoms with E-state index in [1.165, 1.54) is 24.3 Å². The number of thiazole rings is 1. The average molecular weight is 418 g/mol. The van der Waals surface area contributed by atoms with E-state index in [4.69, 9.17) is 0 Å². The molecule has 7 nitrogen and oxygen atoms in total. The molecule has 0 bridgehead atoms. The lowest BCUT2D eigenvalue weighted by Gasteiger charge is -2.22. The van der Waals surface area contributed by atoms with E-state index in [2.05, 4.69) is 15.6 Å². The minimum Gasteiger partial charge on any atom is -0.355 e. The number of benzene rings is 1. The molecule has 1 aromatic carbocycles. The van der Waals surface area contributed by atoms with Gasteiger partial charge in [-0.3, -0.25) is 14.5 Å². The number of urea groups is 1. The highest BCUT2D eigenvalue weighted by molar-refractivity contribution is 7.09. The zero-order valence-electron chi connectivity index (χ0n) is 16.3. The summed E-state index contributed by atoms with van der Waals surface area (Å²) in [5.74, 6) is -1.37. The van der Waals surface area contributed by atoms with Crippen LogP contribution in [0.1, 0.15) is 36.0 Å². The number of nitrogens with one attached hydrogen (secondary N) is 2. The molecular formula is C20H23FN4O3S. The predicted octanol–water partition coefficient (Wildman–Crippen LogP) is 2.50. The van der Waals surface area contributed by atoms with Crippen LogP contribution in [0, 0.1) is 12.7 Å². The van der Waals surface area contributed by atoms with Gasteiger partial charge < -0.3 is 10.6 Å². The van der Waals surface area contributed by atoms with E-state index in [-0.39, 0.29) is 6.54 Å². The van der Waals surface area contributed by atoms with Gasteiger partial charge in [0.25, 0.3) is 5.91 Å². The number of amides is 4. The van der Waals surface area contributed by atoms with Gasteiger partial charge in [0.1, 0.15) is 17.9 Å². The number of hydrogen-bond acceptors (Lipinski definition) is 5. The van der Waals surface area contributed by atoms with E-state index in [1.807, 2.05) is 12.3 Å². The van der Waals surface area contributed by atoms with Crippen molar-refractivity contribution in [2.24, 2.45) is 0 Å². The van der Waals surface area contributed by atoms with E-state index in [0.717, 1.165) is 34.9 Å². The van der Waals surface area contributed by atoms with E-state index < -0.39 is 29.2 Å². The summed E-state index contributed by atoms with van der Waals surface area (Å²) in [7, 11) is 0. The fourth-order valence-electron chi connectivity index (χ4n) is 3.17. The summed E-state index contributed by atoms with van der Waals surface area (Å²) in [4.78, 5) is 42.5. The highest BCUT2D eigenvalue weighted by atomic mass is 32.1. The maximum absolute atomic E-state index is 13.2. The zero-order chi connectivity index (χ0) is 21.0. The molecule has 1 aliphatic heterocycles. The van der Waals surface area contributed by atoms with E-state index in [0.29, 0.717) is 12.1 Å². The Morgan fingerprint density at radius 1 is 1.28 bits per heavy atom. The van der Waals surface area contributed by atoms with Gasteiger partial charge >= 0.3 is 6.03 Å². The first-order valence-electron chi connectivity index (χ1n) is 9.37. The molecule has 9 heteroatoms. The highest BCUT2D eigenvalue weighted by Crippen LogP contribution is 2.28. The summed E-state index contributed by atoms with van der Waals surface area (Å²) in [5, 5.41) is 8.42. The third-order valence-electron chi connectivity index (χ3n) is 4.80. The monoisotopic (exact) mass is 418 g/mol. The smallest absolute Gasteiger partial charge is 0.325 e. The Bertz CT molecular complexity index is 915. The molecule has 2 heterocycles. The molecule has 2 N–H and O–H groups in total. The molecule has 3 rings (SSSR count). The second-order valence-corrected chi connectivity index (χ2v) is 8.09. The third kappa shape index (κ3) is 4.79. The zero-order valence-corrected chi connectivity index (χ0v) is 17.1. The maximum atomic E-state index is 13.2. The third-order valence-corrected chi connectivity index (χ3v) is 5.83. The van der Waals surface area contributed by atoms with Crippen molar-refractivity contribution in [3.8, 4) is 0 Å². The normalized spacial score (nSPS) is 18.8. The summed E-state index contributed by atoms with van der Waals surface area (Å²) in [6, 6.07) is 4.70. The number of imide groups is 1. The molecule has 29 heavy (non-hydrogen) atoms. The van der Waals surface area contributed by atoms with Crippen LogP contribution in [0.3, 0.4) is 0 Å². The van der Waals surface area contributed by atoms with Crippen molar-refractivity contribution < 1.29 is 18.8 Å². The molecule has 0 radical (unpaired) electrons. The van der Waals surface area contributed by atoms with Gasteiger partial charge in [0, 0.05) is 17.6 Å². The SMILES string of the molecule is Cc1csc(CCCCNC(=O)CN2C(=O)NC(C)(c3ccc(F)cc3)C2=O)n1. The Kier molecular flexibility index (Phi) is 6.26. The summed E-state index contributed by atoms with van der Waals surface area (Å²) in [6.07, 6.45) is 2.52. The van der Waals surface area contributed by atoms with Crippen molar-refractivity contribution in [2.75, 3.05) is 13.1 Å². The van der Waals surface area contributed by atoms with Crippen molar-refractivity contribution in [1.29, 1.82) is 0 Å². The van der Waals surface area contributed by atoms with Crippen LogP contribution in [-0.2, 0) is 21.5 Å². The minimum atomic E-state index is -1.32. The van der Waals surface area contributed by atoms with Crippen molar-refractivity contribution in [3.05, 3.63) is 51.7 Å². The van der Waals surface area contributed by atoms with Gasteiger partial charge in [-0.25, -0.2) is 14.2 Å². The molecule has 1 atom stereocenters. The number of aromatic nitrogens is 1. The number of hydrogen-bond donors (Lipinski definition) is 2. The summed E-state index contributed by atoms with van der Waals surface area (Å²) >= 11 is 1.63. The number of carbonyl (C=O) groups is 3. The van der Waals surface area contributed by atoms with Crippen LogP contribution in [0.5, 0.6) is 0 Å². The molecule has 0 saturated carbocycles. The van der Waals surface area contributed by atoms with Crippen LogP contribution < -0.4 is 10.6 Å². The molecule has 1 unspecified atom stereocenters. The maximum Gasteiger partial charge on any atom is 0.325 e. The number of nitrogens with zero attached hydrogens (tertiary/aromatic N) is 2. The van der Waals surface area contributed by atoms with Gasteiger partial charge in [-0.1, -0.05) is 12.1 Å². The molecule has 1 aliphatic rings. The van der Waals surface area contributed by atoms with Gasteiger partial charge in [-0.2, -0.15) is 0 Å². The molecule has 1 fully saturated rings. The minimum absolute atomic E-state index is 0.354. The van der Waals surface area contributed by atoms with Gasteiger partial charge in [0.15, 0.2) is 0 Å². The van der Waals surface area contributed by atoms with Crippen molar-refractivity contribution >= 4 is 29.2 Å². The lowest BCUT2D eigenvalue weighted by molar-refractivity contribution is -0.134. The molecule has 154 valence electrons. The molecule has 1 aromatic heterocycles. The molecule has 2 aromatic rings. The molecular weight excluding hydrogens is 395 g/mol. The number of aryl methyl sites for hydroxylation is 2. The topological polar surface area (TPSA) is 91.4 Å². The highest BCUT2D eigenvalue weighted by Gasteiger charge is 2.49. The summed E-state index contributed by atoms with van der Waals surface area (Å²) in [5.41, 5.74) is 0.147. The van der Waals surface area contributed by atoms with Crippen molar-refractivity contribution in [2.45, 2.75) is 38.6 Å². The Labute approximate surface area is 172 Å². The predicted molar refractivity (Wildman–Crippen MR) is 107 cm³/mol. The summed E-state index contributed by atoms with van der Waals surface area (Å²) in [6.45, 7) is 3.60. The largest absolute Gasteiger partial charge is 0.355 e. The lowest BCUT2D eigenvalue weighted by Crippen LogP contribution is -2.43. The fraction of sp³-hybridized carbons (Fsp3) is 0.400. The first kappa shape index (κ1) is 20.9. The summed E-state index contributed by atoms with van der Waals surface area (Å²) < 4.78 is 13.2. The molecule has 0 spiro atoms. The molecule has 0 aliphatic carbocycles. The number of carbonyl (C=O) groups excluding carboxylic acids is 3. The van der Waals surface area contributed by atoms with Crippen LogP contribution >= 0.6 is 11.3 Å². The quantitative estimate of drug-likeness (QED) is 0.509.